The molecule has 122 valence electrons. The highest BCUT2D eigenvalue weighted by atomic mass is 35.5. The molecule has 6 nitrogen and oxygen atoms in total. The number of aromatic nitrogens is 2. The number of rotatable bonds is 5. The molecule has 2 aromatic rings. The molecule has 1 atom stereocenters. The van der Waals surface area contributed by atoms with Crippen molar-refractivity contribution in [3.05, 3.63) is 47.2 Å². The summed E-state index contributed by atoms with van der Waals surface area (Å²) in [6, 6.07) is 7.68. The average molecular weight is 335 g/mol. The number of halogens is 1. The summed E-state index contributed by atoms with van der Waals surface area (Å²) in [4.78, 5) is 16.4. The van der Waals surface area contributed by atoms with Crippen molar-refractivity contribution in [2.45, 2.75) is 19.0 Å². The summed E-state index contributed by atoms with van der Waals surface area (Å²) in [5.74, 6) is 0.436. The molecule has 1 aliphatic rings. The molecule has 1 unspecified atom stereocenters. The van der Waals surface area contributed by atoms with Crippen LogP contribution in [0.2, 0.25) is 5.02 Å². The van der Waals surface area contributed by atoms with Gasteiger partial charge in [-0.15, -0.1) is 0 Å². The highest BCUT2D eigenvalue weighted by Crippen LogP contribution is 2.18. The van der Waals surface area contributed by atoms with Crippen LogP contribution in [0.4, 0.5) is 5.95 Å². The van der Waals surface area contributed by atoms with Crippen molar-refractivity contribution < 1.29 is 9.53 Å². The van der Waals surface area contributed by atoms with Crippen LogP contribution in [0, 0.1) is 0 Å². The molecule has 1 fully saturated rings. The predicted octanol–water partition coefficient (Wildman–Crippen LogP) is 1.90. The summed E-state index contributed by atoms with van der Waals surface area (Å²) in [5.41, 5.74) is 0.977. The lowest BCUT2D eigenvalue weighted by Crippen LogP contribution is -2.43. The van der Waals surface area contributed by atoms with Gasteiger partial charge in [-0.1, -0.05) is 29.8 Å². The number of benzene rings is 1. The lowest BCUT2D eigenvalue weighted by atomic mass is 10.2. The molecule has 1 aromatic heterocycles. The smallest absolute Gasteiger partial charge is 0.228 e. The van der Waals surface area contributed by atoms with E-state index in [0.717, 1.165) is 12.1 Å². The van der Waals surface area contributed by atoms with E-state index in [2.05, 4.69) is 15.6 Å². The third-order valence-corrected chi connectivity index (χ3v) is 4.06. The molecule has 0 radical (unpaired) electrons. The minimum Gasteiger partial charge on any atom is -0.378 e. The summed E-state index contributed by atoms with van der Waals surface area (Å²) in [7, 11) is 0. The molecular formula is C16H19ClN4O2. The second kappa shape index (κ2) is 7.59. The number of anilines is 1. The number of hydrogen-bond acceptors (Lipinski definition) is 4. The quantitative estimate of drug-likeness (QED) is 0.876. The van der Waals surface area contributed by atoms with Crippen LogP contribution >= 0.6 is 11.6 Å². The Balaban J connectivity index is 1.61. The van der Waals surface area contributed by atoms with Crippen molar-refractivity contribution in [2.75, 3.05) is 25.1 Å². The molecule has 2 heterocycles. The van der Waals surface area contributed by atoms with Gasteiger partial charge in [0.1, 0.15) is 0 Å². The van der Waals surface area contributed by atoms with Crippen LogP contribution in [-0.2, 0) is 16.1 Å². The maximum Gasteiger partial charge on any atom is 0.228 e. The maximum absolute atomic E-state index is 12.2. The van der Waals surface area contributed by atoms with Gasteiger partial charge >= 0.3 is 0 Å². The summed E-state index contributed by atoms with van der Waals surface area (Å²) < 4.78 is 7.22. The second-order valence-electron chi connectivity index (χ2n) is 5.45. The normalized spacial score (nSPS) is 17.9. The SMILES string of the molecule is O=C(CC1COCCN1)Nc1nccn1Cc1ccccc1Cl. The van der Waals surface area contributed by atoms with Crippen LogP contribution < -0.4 is 10.6 Å². The van der Waals surface area contributed by atoms with E-state index in [-0.39, 0.29) is 11.9 Å². The van der Waals surface area contributed by atoms with Gasteiger partial charge in [0, 0.05) is 36.4 Å². The largest absolute Gasteiger partial charge is 0.378 e. The number of morpholine rings is 1. The van der Waals surface area contributed by atoms with E-state index in [4.69, 9.17) is 16.3 Å². The number of nitrogens with one attached hydrogen (secondary N) is 2. The summed E-state index contributed by atoms with van der Waals surface area (Å²) in [6.45, 7) is 2.58. The fourth-order valence-electron chi connectivity index (χ4n) is 2.52. The Morgan fingerprint density at radius 2 is 2.35 bits per heavy atom. The Kier molecular flexibility index (Phi) is 5.27. The summed E-state index contributed by atoms with van der Waals surface area (Å²) >= 11 is 6.18. The number of carbonyl (C=O) groups excluding carboxylic acids is 1. The zero-order chi connectivity index (χ0) is 16.1. The van der Waals surface area contributed by atoms with Crippen molar-refractivity contribution in [3.63, 3.8) is 0 Å². The van der Waals surface area contributed by atoms with Crippen molar-refractivity contribution in [1.29, 1.82) is 0 Å². The van der Waals surface area contributed by atoms with E-state index < -0.39 is 0 Å². The van der Waals surface area contributed by atoms with Gasteiger partial charge in [0.15, 0.2) is 0 Å². The Morgan fingerprint density at radius 1 is 1.48 bits per heavy atom. The maximum atomic E-state index is 12.2. The fraction of sp³-hybridized carbons (Fsp3) is 0.375. The highest BCUT2D eigenvalue weighted by Gasteiger charge is 2.18. The lowest BCUT2D eigenvalue weighted by Gasteiger charge is -2.23. The van der Waals surface area contributed by atoms with Crippen LogP contribution in [0.3, 0.4) is 0 Å². The van der Waals surface area contributed by atoms with E-state index >= 15 is 0 Å². The van der Waals surface area contributed by atoms with Gasteiger partial charge in [-0.05, 0) is 11.6 Å². The van der Waals surface area contributed by atoms with Gasteiger partial charge in [0.05, 0.1) is 19.8 Å². The van der Waals surface area contributed by atoms with E-state index in [1.807, 2.05) is 35.0 Å². The summed E-state index contributed by atoms with van der Waals surface area (Å²) in [6.07, 6.45) is 3.84. The molecular weight excluding hydrogens is 316 g/mol. The minimum atomic E-state index is -0.0837. The molecule has 0 spiro atoms. The van der Waals surface area contributed by atoms with E-state index in [9.17, 15) is 4.79 Å². The molecule has 0 saturated carbocycles. The highest BCUT2D eigenvalue weighted by molar-refractivity contribution is 6.31. The van der Waals surface area contributed by atoms with Crippen molar-refractivity contribution in [2.24, 2.45) is 0 Å². The van der Waals surface area contributed by atoms with Gasteiger partial charge in [-0.25, -0.2) is 4.98 Å². The molecule has 0 bridgehead atoms. The van der Waals surface area contributed by atoms with Crippen LogP contribution in [0.5, 0.6) is 0 Å². The van der Waals surface area contributed by atoms with Crippen LogP contribution in [0.15, 0.2) is 36.7 Å². The van der Waals surface area contributed by atoms with Gasteiger partial charge in [-0.3, -0.25) is 10.1 Å². The van der Waals surface area contributed by atoms with E-state index in [0.29, 0.717) is 37.2 Å². The number of ether oxygens (including phenoxy) is 1. The fourth-order valence-corrected chi connectivity index (χ4v) is 2.72. The Bertz CT molecular complexity index is 668. The van der Waals surface area contributed by atoms with Crippen molar-refractivity contribution in [1.82, 2.24) is 14.9 Å². The van der Waals surface area contributed by atoms with Gasteiger partial charge in [0.2, 0.25) is 11.9 Å². The van der Waals surface area contributed by atoms with Gasteiger partial charge < -0.3 is 14.6 Å². The first kappa shape index (κ1) is 16.0. The molecule has 1 aromatic carbocycles. The minimum absolute atomic E-state index is 0.0516. The van der Waals surface area contributed by atoms with Crippen LogP contribution in [-0.4, -0.2) is 41.3 Å². The third-order valence-electron chi connectivity index (χ3n) is 3.70. The average Bonchev–Trinajstić information content (AvgIpc) is 2.97. The van der Waals surface area contributed by atoms with E-state index in [1.54, 1.807) is 6.20 Å². The molecule has 3 rings (SSSR count). The topological polar surface area (TPSA) is 68.2 Å². The number of hydrogen-bond donors (Lipinski definition) is 2. The first-order valence-corrected chi connectivity index (χ1v) is 7.95. The first-order chi connectivity index (χ1) is 11.2. The molecule has 23 heavy (non-hydrogen) atoms. The molecule has 1 aliphatic heterocycles. The number of nitrogens with zero attached hydrogens (tertiary/aromatic N) is 2. The molecule has 1 saturated heterocycles. The standard InChI is InChI=1S/C16H19ClN4O2/c17-14-4-2-1-3-12(14)10-21-7-5-19-16(21)20-15(22)9-13-11-23-8-6-18-13/h1-5,7,13,18H,6,8-11H2,(H,19,20,22). The summed E-state index contributed by atoms with van der Waals surface area (Å²) in [5, 5.41) is 6.81. The third kappa shape index (κ3) is 4.31. The predicted molar refractivity (Wildman–Crippen MR) is 88.6 cm³/mol. The zero-order valence-corrected chi connectivity index (χ0v) is 13.4. The monoisotopic (exact) mass is 334 g/mol. The van der Waals surface area contributed by atoms with Crippen molar-refractivity contribution >= 4 is 23.5 Å². The Labute approximate surface area is 139 Å². The molecule has 2 N–H and O–H groups in total. The molecule has 7 heteroatoms. The number of carbonyl (C=O) groups is 1. The van der Waals surface area contributed by atoms with Crippen molar-refractivity contribution in [3.8, 4) is 0 Å². The Morgan fingerprint density at radius 3 is 3.13 bits per heavy atom. The Hall–Kier alpha value is -1.89. The van der Waals surface area contributed by atoms with Crippen LogP contribution in [0.1, 0.15) is 12.0 Å². The molecule has 1 amide bonds. The zero-order valence-electron chi connectivity index (χ0n) is 12.7. The van der Waals surface area contributed by atoms with Gasteiger partial charge in [-0.2, -0.15) is 0 Å². The first-order valence-electron chi connectivity index (χ1n) is 7.58. The van der Waals surface area contributed by atoms with Gasteiger partial charge in [0.25, 0.3) is 0 Å². The van der Waals surface area contributed by atoms with E-state index in [1.165, 1.54) is 0 Å². The number of amides is 1. The lowest BCUT2D eigenvalue weighted by molar-refractivity contribution is -0.117. The number of imidazole rings is 1. The second-order valence-corrected chi connectivity index (χ2v) is 5.86. The molecule has 0 aliphatic carbocycles. The van der Waals surface area contributed by atoms with Crippen LogP contribution in [0.25, 0.3) is 0 Å².